The molecule has 0 atom stereocenters. The van der Waals surface area contributed by atoms with Crippen LogP contribution in [0, 0.1) is 0 Å². The van der Waals surface area contributed by atoms with Crippen molar-refractivity contribution in [2.45, 2.75) is 0 Å². The predicted octanol–water partition coefficient (Wildman–Crippen LogP) is 26.0. The minimum absolute atomic E-state index is 0.861. The number of nitrogens with zero attached hydrogens (tertiary/aromatic N) is 3. The van der Waals surface area contributed by atoms with Crippen molar-refractivity contribution in [2.75, 3.05) is 0 Å². The minimum Gasteiger partial charge on any atom is -0.455 e. The van der Waals surface area contributed by atoms with E-state index in [0.717, 1.165) is 111 Å². The Morgan fingerprint density at radius 2 is 0.479 bits per heavy atom. The molecule has 21 aromatic rings. The molecule has 0 fully saturated rings. The molecule has 12 aromatic carbocycles. The molecule has 21 rings (SSSR count). The van der Waals surface area contributed by atoms with Crippen molar-refractivity contribution < 1.29 is 13.3 Å². The number of furan rings is 3. The molecule has 0 unspecified atom stereocenters. The van der Waals surface area contributed by atoms with Crippen molar-refractivity contribution in [3.05, 3.63) is 310 Å². The van der Waals surface area contributed by atoms with Crippen LogP contribution in [0.1, 0.15) is 0 Å². The SMILES string of the molecule is c1ccc2c(c1)oc1c(-c3ccnc(-c4cccc5c4oc4ccccc45)c3)cccc12.c1ccc2c(c1)oc1c(-c3ccnc(-c4cccc5c4sc4ccccc45)c3)cccc12.c1ccc2c(c1)sc1c(-c3ccnc(-c4cccc5c4sc4ccccc45)c3)cccc12. The van der Waals surface area contributed by atoms with Gasteiger partial charge in [-0.05, 0) is 101 Å². The van der Waals surface area contributed by atoms with Crippen molar-refractivity contribution in [2.24, 2.45) is 0 Å². The zero-order chi connectivity index (χ0) is 63.2. The van der Waals surface area contributed by atoms with E-state index < -0.39 is 0 Å². The number of thiophene rings is 3. The number of hydrogen-bond donors (Lipinski definition) is 0. The van der Waals surface area contributed by atoms with Gasteiger partial charge in [-0.3, -0.25) is 15.0 Å². The molecule has 0 spiro atoms. The lowest BCUT2D eigenvalue weighted by atomic mass is 10.00. The summed E-state index contributed by atoms with van der Waals surface area (Å²) in [4.78, 5) is 14.2. The molecule has 6 nitrogen and oxygen atoms in total. The number of para-hydroxylation sites is 6. The van der Waals surface area contributed by atoms with Crippen molar-refractivity contribution in [3.63, 3.8) is 0 Å². The predicted molar refractivity (Wildman–Crippen MR) is 406 cm³/mol. The average molecular weight is 1280 g/mol. The van der Waals surface area contributed by atoms with Crippen LogP contribution in [0.25, 0.3) is 193 Å². The highest BCUT2D eigenvalue weighted by Crippen LogP contribution is 2.46. The van der Waals surface area contributed by atoms with Crippen LogP contribution in [0.4, 0.5) is 0 Å². The number of fused-ring (bicyclic) bond motifs is 18. The first-order chi connectivity index (χ1) is 47.6. The Morgan fingerprint density at radius 1 is 0.208 bits per heavy atom. The molecule has 0 bridgehead atoms. The number of aromatic nitrogens is 3. The highest BCUT2D eigenvalue weighted by molar-refractivity contribution is 7.27. The maximum absolute atomic E-state index is 6.28. The molecule has 9 aromatic heterocycles. The monoisotopic (exact) mass is 1280 g/mol. The zero-order valence-corrected chi connectivity index (χ0v) is 53.7. The molecule has 450 valence electrons. The van der Waals surface area contributed by atoms with E-state index in [0.29, 0.717) is 0 Å². The van der Waals surface area contributed by atoms with Gasteiger partial charge in [0.2, 0.25) is 0 Å². The second kappa shape index (κ2) is 23.0. The van der Waals surface area contributed by atoms with Crippen LogP contribution in [0.3, 0.4) is 0 Å². The van der Waals surface area contributed by atoms with Crippen molar-refractivity contribution >= 4 is 160 Å². The van der Waals surface area contributed by atoms with Gasteiger partial charge in [0.25, 0.3) is 0 Å². The third kappa shape index (κ3) is 9.38. The van der Waals surface area contributed by atoms with E-state index in [1.165, 1.54) is 82.8 Å². The summed E-state index contributed by atoms with van der Waals surface area (Å²) in [5, 5.41) is 14.6. The number of hydrogen-bond acceptors (Lipinski definition) is 9. The summed E-state index contributed by atoms with van der Waals surface area (Å²) < 4.78 is 26.6. The summed E-state index contributed by atoms with van der Waals surface area (Å²) >= 11 is 5.56. The van der Waals surface area contributed by atoms with Gasteiger partial charge in [-0.2, -0.15) is 0 Å². The molecule has 0 aliphatic carbocycles. The fourth-order valence-electron chi connectivity index (χ4n) is 14.0. The first kappa shape index (κ1) is 55.8. The molecular weight excluding hydrogens is 1230 g/mol. The second-order valence-corrected chi connectivity index (χ2v) is 27.1. The summed E-state index contributed by atoms with van der Waals surface area (Å²) in [6, 6.07) is 102. The summed E-state index contributed by atoms with van der Waals surface area (Å²) in [6.07, 6.45) is 5.70. The number of benzene rings is 12. The van der Waals surface area contributed by atoms with E-state index in [-0.39, 0.29) is 0 Å². The molecule has 0 aliphatic rings. The van der Waals surface area contributed by atoms with Crippen LogP contribution in [-0.2, 0) is 0 Å². The Bertz CT molecular complexity index is 5620. The van der Waals surface area contributed by atoms with Crippen molar-refractivity contribution in [1.29, 1.82) is 0 Å². The minimum atomic E-state index is 0.861. The summed E-state index contributed by atoms with van der Waals surface area (Å²) in [7, 11) is 0. The van der Waals surface area contributed by atoms with Gasteiger partial charge >= 0.3 is 0 Å². The summed E-state index contributed by atoms with van der Waals surface area (Å²) in [5.74, 6) is 0. The van der Waals surface area contributed by atoms with Gasteiger partial charge in [-0.1, -0.05) is 212 Å². The normalized spacial score (nSPS) is 11.8. The maximum atomic E-state index is 6.28. The molecular formula is C87H51N3O3S3. The Labute approximate surface area is 561 Å². The summed E-state index contributed by atoms with van der Waals surface area (Å²) in [5.41, 5.74) is 18.4. The van der Waals surface area contributed by atoms with Crippen LogP contribution in [0.15, 0.2) is 323 Å². The molecule has 0 aliphatic heterocycles. The van der Waals surface area contributed by atoms with Gasteiger partial charge in [-0.25, -0.2) is 0 Å². The third-order valence-electron chi connectivity index (χ3n) is 18.5. The largest absolute Gasteiger partial charge is 0.455 e. The highest BCUT2D eigenvalue weighted by atomic mass is 32.1. The Balaban J connectivity index is 0.000000102. The average Bonchev–Trinajstić information content (AvgIpc) is 1.60. The Morgan fingerprint density at radius 3 is 0.875 bits per heavy atom. The van der Waals surface area contributed by atoms with Crippen LogP contribution < -0.4 is 0 Å². The first-order valence-electron chi connectivity index (χ1n) is 31.9. The number of rotatable bonds is 6. The van der Waals surface area contributed by atoms with Crippen molar-refractivity contribution in [1.82, 2.24) is 15.0 Å². The van der Waals surface area contributed by atoms with Gasteiger partial charge in [0.1, 0.15) is 33.5 Å². The fraction of sp³-hybridized carbons (Fsp3) is 0. The molecule has 0 saturated carbocycles. The Kier molecular flexibility index (Phi) is 13.4. The molecule has 0 radical (unpaired) electrons. The molecule has 9 heteroatoms. The van der Waals surface area contributed by atoms with E-state index in [2.05, 4.69) is 242 Å². The maximum Gasteiger partial charge on any atom is 0.144 e. The zero-order valence-electron chi connectivity index (χ0n) is 51.2. The Hall–Kier alpha value is -11.9. The van der Waals surface area contributed by atoms with Crippen LogP contribution in [0.2, 0.25) is 0 Å². The lowest BCUT2D eigenvalue weighted by Crippen LogP contribution is -1.86. The van der Waals surface area contributed by atoms with E-state index in [1.54, 1.807) is 0 Å². The summed E-state index contributed by atoms with van der Waals surface area (Å²) in [6.45, 7) is 0. The standard InChI is InChI=1S/C29H17NO2.C29H17NOS.C29H17NS2/c3*1-3-13-26-20(7-1)22-10-5-9-19(28(22)31-26)18-15-16-30-25(17-18)24-12-6-11-23-21-8-2-4-14-27(21)32-29(23)24/h3*1-17H. The second-order valence-electron chi connectivity index (χ2n) is 24.0. The van der Waals surface area contributed by atoms with Crippen molar-refractivity contribution in [3.8, 4) is 67.2 Å². The molecule has 0 amide bonds. The first-order valence-corrected chi connectivity index (χ1v) is 34.4. The quantitative estimate of drug-likeness (QED) is 0.165. The third-order valence-corrected chi connectivity index (χ3v) is 22.1. The van der Waals surface area contributed by atoms with E-state index >= 15 is 0 Å². The van der Waals surface area contributed by atoms with Gasteiger partial charge in [0.05, 0.1) is 17.1 Å². The van der Waals surface area contributed by atoms with Crippen LogP contribution in [0.5, 0.6) is 0 Å². The smallest absolute Gasteiger partial charge is 0.144 e. The van der Waals surface area contributed by atoms with Gasteiger partial charge < -0.3 is 13.3 Å². The molecule has 9 heterocycles. The highest BCUT2D eigenvalue weighted by Gasteiger charge is 2.20. The van der Waals surface area contributed by atoms with Crippen LogP contribution in [-0.4, -0.2) is 15.0 Å². The fourth-order valence-corrected chi connectivity index (χ4v) is 17.7. The lowest BCUT2D eigenvalue weighted by Gasteiger charge is -2.07. The topological polar surface area (TPSA) is 78.1 Å². The van der Waals surface area contributed by atoms with E-state index in [1.807, 2.05) is 107 Å². The van der Waals surface area contributed by atoms with E-state index in [9.17, 15) is 0 Å². The van der Waals surface area contributed by atoms with Gasteiger partial charge in [0, 0.05) is 139 Å². The van der Waals surface area contributed by atoms with Gasteiger partial charge in [-0.15, -0.1) is 34.0 Å². The molecule has 0 N–H and O–H groups in total. The molecule has 96 heavy (non-hydrogen) atoms. The van der Waals surface area contributed by atoms with Crippen LogP contribution >= 0.6 is 34.0 Å². The molecule has 0 saturated heterocycles. The number of pyridine rings is 3. The van der Waals surface area contributed by atoms with Gasteiger partial charge in [0.15, 0.2) is 0 Å². The lowest BCUT2D eigenvalue weighted by molar-refractivity contribution is 0.669. The van der Waals surface area contributed by atoms with E-state index in [4.69, 9.17) is 23.2 Å².